The van der Waals surface area contributed by atoms with E-state index >= 15 is 0 Å². The number of pyridine rings is 1. The van der Waals surface area contributed by atoms with Crippen LogP contribution in [-0.2, 0) is 9.53 Å². The number of hydrogen-bond donors (Lipinski definition) is 2. The van der Waals surface area contributed by atoms with Gasteiger partial charge in [0.2, 0.25) is 5.91 Å². The second kappa shape index (κ2) is 9.37. The van der Waals surface area contributed by atoms with Gasteiger partial charge < -0.3 is 20.5 Å². The molecule has 1 aromatic heterocycles. The van der Waals surface area contributed by atoms with Crippen LogP contribution in [0.3, 0.4) is 0 Å². The zero-order valence-corrected chi connectivity index (χ0v) is 21.4. The van der Waals surface area contributed by atoms with Crippen molar-refractivity contribution in [3.63, 3.8) is 0 Å². The van der Waals surface area contributed by atoms with Crippen LogP contribution >= 0.6 is 0 Å². The lowest BCUT2D eigenvalue weighted by Crippen LogP contribution is -2.39. The maximum Gasteiger partial charge on any atom is 0.337 e. The highest BCUT2D eigenvalue weighted by molar-refractivity contribution is 5.94. The fourth-order valence-electron chi connectivity index (χ4n) is 4.56. The summed E-state index contributed by atoms with van der Waals surface area (Å²) in [6.07, 6.45) is 0.817. The van der Waals surface area contributed by atoms with Crippen molar-refractivity contribution in [1.29, 1.82) is 0 Å². The molecule has 1 aromatic carbocycles. The molecule has 1 unspecified atom stereocenters. The van der Waals surface area contributed by atoms with Crippen molar-refractivity contribution in [2.24, 2.45) is 11.1 Å². The molecule has 7 nitrogen and oxygen atoms in total. The van der Waals surface area contributed by atoms with E-state index in [1.807, 2.05) is 46.8 Å². The number of benzene rings is 1. The molecule has 0 saturated carbocycles. The standard InChI is InChI=1S/C27H37N3O4/c1-16-20(18-8-10-19(11-9-18)24(28)31)22(30-14-12-27(6,7)13-15-30)21(17(2)29-16)23(25(32)33)34-26(3,4)5/h8-11,23H,12-15H2,1-7H3,(H2,28,31)(H,32,33). The predicted octanol–water partition coefficient (Wildman–Crippen LogP) is 5.03. The van der Waals surface area contributed by atoms with E-state index in [-0.39, 0.29) is 5.41 Å². The van der Waals surface area contributed by atoms with Gasteiger partial charge in [-0.05, 0) is 70.6 Å². The lowest BCUT2D eigenvalue weighted by molar-refractivity contribution is -0.160. The number of ether oxygens (including phenoxy) is 1. The summed E-state index contributed by atoms with van der Waals surface area (Å²) in [6.45, 7) is 15.5. The number of carboxylic acids is 1. The second-order valence-electron chi connectivity index (χ2n) is 11.0. The van der Waals surface area contributed by atoms with Gasteiger partial charge in [-0.2, -0.15) is 0 Å². The number of rotatable bonds is 6. The minimum absolute atomic E-state index is 0.227. The Morgan fingerprint density at radius 2 is 1.65 bits per heavy atom. The third-order valence-corrected chi connectivity index (χ3v) is 6.43. The molecule has 3 N–H and O–H groups in total. The number of piperidine rings is 1. The highest BCUT2D eigenvalue weighted by Gasteiger charge is 2.36. The molecule has 0 aliphatic carbocycles. The monoisotopic (exact) mass is 467 g/mol. The van der Waals surface area contributed by atoms with Crippen molar-refractivity contribution >= 4 is 17.6 Å². The van der Waals surface area contributed by atoms with E-state index in [1.54, 1.807) is 12.1 Å². The molecule has 1 atom stereocenters. The van der Waals surface area contributed by atoms with Crippen LogP contribution in [0.4, 0.5) is 5.69 Å². The Hall–Kier alpha value is -2.93. The predicted molar refractivity (Wildman–Crippen MR) is 134 cm³/mol. The number of nitrogens with zero attached hydrogens (tertiary/aromatic N) is 2. The molecule has 1 aliphatic rings. The normalized spacial score (nSPS) is 16.9. The summed E-state index contributed by atoms with van der Waals surface area (Å²) in [4.78, 5) is 31.1. The Kier molecular flexibility index (Phi) is 7.08. The number of primary amides is 1. The fourth-order valence-corrected chi connectivity index (χ4v) is 4.56. The average Bonchev–Trinajstić information content (AvgIpc) is 2.71. The molecule has 0 spiro atoms. The maximum absolute atomic E-state index is 12.5. The number of nitrogens with two attached hydrogens (primary N) is 1. The van der Waals surface area contributed by atoms with Crippen molar-refractivity contribution in [3.8, 4) is 11.1 Å². The van der Waals surface area contributed by atoms with Crippen LogP contribution < -0.4 is 10.6 Å². The van der Waals surface area contributed by atoms with E-state index in [2.05, 4.69) is 18.7 Å². The minimum Gasteiger partial charge on any atom is -0.479 e. The van der Waals surface area contributed by atoms with E-state index in [1.165, 1.54) is 0 Å². The van der Waals surface area contributed by atoms with Crippen molar-refractivity contribution in [1.82, 2.24) is 4.98 Å². The summed E-state index contributed by atoms with van der Waals surface area (Å²) in [5.41, 5.74) is 10.0. The van der Waals surface area contributed by atoms with Crippen LogP contribution in [-0.4, -0.2) is 40.7 Å². The van der Waals surface area contributed by atoms with Crippen LogP contribution in [0.1, 0.15) is 80.9 Å². The molecule has 2 heterocycles. The molecule has 1 saturated heterocycles. The van der Waals surface area contributed by atoms with E-state index in [4.69, 9.17) is 15.5 Å². The van der Waals surface area contributed by atoms with E-state index in [0.717, 1.165) is 48.4 Å². The first kappa shape index (κ1) is 25.7. The van der Waals surface area contributed by atoms with Crippen molar-refractivity contribution < 1.29 is 19.4 Å². The third-order valence-electron chi connectivity index (χ3n) is 6.43. The van der Waals surface area contributed by atoms with Crippen molar-refractivity contribution in [2.75, 3.05) is 18.0 Å². The van der Waals surface area contributed by atoms with Gasteiger partial charge >= 0.3 is 5.97 Å². The lowest BCUT2D eigenvalue weighted by atomic mass is 9.81. The van der Waals surface area contributed by atoms with Crippen LogP contribution in [0.25, 0.3) is 11.1 Å². The molecule has 3 rings (SSSR count). The van der Waals surface area contributed by atoms with Crippen molar-refractivity contribution in [3.05, 3.63) is 46.8 Å². The molecule has 184 valence electrons. The number of aliphatic carboxylic acids is 1. The summed E-state index contributed by atoms with van der Waals surface area (Å²) >= 11 is 0. The quantitative estimate of drug-likeness (QED) is 0.617. The summed E-state index contributed by atoms with van der Waals surface area (Å²) in [5, 5.41) is 10.2. The first-order valence-electron chi connectivity index (χ1n) is 11.8. The molecule has 7 heteroatoms. The molecule has 2 aromatic rings. The first-order valence-corrected chi connectivity index (χ1v) is 11.8. The van der Waals surface area contributed by atoms with Gasteiger partial charge in [0, 0.05) is 41.2 Å². The van der Waals surface area contributed by atoms with Gasteiger partial charge in [-0.25, -0.2) is 4.79 Å². The first-order chi connectivity index (χ1) is 15.7. The Labute approximate surface area is 202 Å². The highest BCUT2D eigenvalue weighted by Crippen LogP contribution is 2.44. The zero-order valence-electron chi connectivity index (χ0n) is 21.4. The number of hydrogen-bond acceptors (Lipinski definition) is 5. The van der Waals surface area contributed by atoms with Gasteiger partial charge in [-0.3, -0.25) is 9.78 Å². The number of aromatic nitrogens is 1. The molecular formula is C27H37N3O4. The zero-order chi connectivity index (χ0) is 25.4. The van der Waals surface area contributed by atoms with Gasteiger partial charge in [0.1, 0.15) is 0 Å². The molecule has 0 radical (unpaired) electrons. The number of amides is 1. The lowest BCUT2D eigenvalue weighted by Gasteiger charge is -2.41. The molecular weight excluding hydrogens is 430 g/mol. The highest BCUT2D eigenvalue weighted by atomic mass is 16.5. The van der Waals surface area contributed by atoms with E-state index in [9.17, 15) is 14.7 Å². The van der Waals surface area contributed by atoms with Crippen LogP contribution in [0, 0.1) is 19.3 Å². The average molecular weight is 468 g/mol. The van der Waals surface area contributed by atoms with Gasteiger partial charge in [0.25, 0.3) is 0 Å². The topological polar surface area (TPSA) is 106 Å². The van der Waals surface area contributed by atoms with Crippen molar-refractivity contribution in [2.45, 2.75) is 73.0 Å². The molecule has 34 heavy (non-hydrogen) atoms. The summed E-state index contributed by atoms with van der Waals surface area (Å²) in [6, 6.07) is 7.09. The van der Waals surface area contributed by atoms with Crippen LogP contribution in [0.2, 0.25) is 0 Å². The molecule has 0 bridgehead atoms. The molecule has 1 fully saturated rings. The summed E-state index contributed by atoms with van der Waals surface area (Å²) in [5.74, 6) is -1.54. The van der Waals surface area contributed by atoms with E-state index in [0.29, 0.717) is 16.8 Å². The number of aryl methyl sites for hydroxylation is 2. The Morgan fingerprint density at radius 1 is 1.09 bits per heavy atom. The SMILES string of the molecule is Cc1nc(C)c(C(OC(C)(C)C)C(=O)O)c(N2CCC(C)(C)CC2)c1-c1ccc(C(N)=O)cc1. The van der Waals surface area contributed by atoms with Gasteiger partial charge in [-0.15, -0.1) is 0 Å². The number of carbonyl (C=O) groups is 2. The number of carboxylic acid groups (broad SMARTS) is 1. The summed E-state index contributed by atoms with van der Waals surface area (Å²) < 4.78 is 6.09. The second-order valence-corrected chi connectivity index (χ2v) is 11.0. The Morgan fingerprint density at radius 3 is 2.12 bits per heavy atom. The van der Waals surface area contributed by atoms with Gasteiger partial charge in [-0.1, -0.05) is 26.0 Å². The van der Waals surface area contributed by atoms with Gasteiger partial charge in [0.05, 0.1) is 11.3 Å². The van der Waals surface area contributed by atoms with Gasteiger partial charge in [0.15, 0.2) is 6.10 Å². The molecule has 1 amide bonds. The Bertz CT molecular complexity index is 1070. The van der Waals surface area contributed by atoms with Crippen LogP contribution in [0.15, 0.2) is 24.3 Å². The minimum atomic E-state index is -1.17. The number of carbonyl (C=O) groups excluding carboxylic acids is 1. The number of anilines is 1. The largest absolute Gasteiger partial charge is 0.479 e. The molecule has 1 aliphatic heterocycles. The Balaban J connectivity index is 2.29. The van der Waals surface area contributed by atoms with Crippen LogP contribution in [0.5, 0.6) is 0 Å². The van der Waals surface area contributed by atoms with E-state index < -0.39 is 23.6 Å². The maximum atomic E-state index is 12.5. The smallest absolute Gasteiger partial charge is 0.337 e. The fraction of sp³-hybridized carbons (Fsp3) is 0.519. The third kappa shape index (κ3) is 5.58. The summed E-state index contributed by atoms with van der Waals surface area (Å²) in [7, 11) is 0.